The summed E-state index contributed by atoms with van der Waals surface area (Å²) in [5.74, 6) is 0. The molecule has 2 atom stereocenters. The lowest BCUT2D eigenvalue weighted by molar-refractivity contribution is 0.115. The van der Waals surface area contributed by atoms with Gasteiger partial charge in [-0.05, 0) is 38.8 Å². The number of aryl methyl sites for hydroxylation is 1. The van der Waals surface area contributed by atoms with Crippen molar-refractivity contribution >= 4 is 0 Å². The second-order valence-electron chi connectivity index (χ2n) is 5.18. The first-order valence-electron chi connectivity index (χ1n) is 6.78. The minimum Gasteiger partial charge on any atom is -0.314 e. The van der Waals surface area contributed by atoms with Crippen LogP contribution in [0, 0.1) is 0 Å². The summed E-state index contributed by atoms with van der Waals surface area (Å²) in [4.78, 5) is 2.64. The molecule has 17 heavy (non-hydrogen) atoms. The molecule has 1 fully saturated rings. The van der Waals surface area contributed by atoms with Crippen LogP contribution < -0.4 is 5.32 Å². The van der Waals surface area contributed by atoms with Gasteiger partial charge in [0.1, 0.15) is 0 Å². The Morgan fingerprint density at radius 2 is 1.76 bits per heavy atom. The Morgan fingerprint density at radius 3 is 2.41 bits per heavy atom. The summed E-state index contributed by atoms with van der Waals surface area (Å²) in [5.41, 5.74) is 1.46. The van der Waals surface area contributed by atoms with Crippen molar-refractivity contribution in [2.45, 2.75) is 38.8 Å². The molecule has 1 aliphatic rings. The average molecular weight is 232 g/mol. The maximum atomic E-state index is 3.48. The molecule has 0 aromatic heterocycles. The number of hydrogen-bond donors (Lipinski definition) is 1. The Hall–Kier alpha value is -0.860. The van der Waals surface area contributed by atoms with Crippen LogP contribution in [0.25, 0.3) is 0 Å². The molecule has 0 aliphatic carbocycles. The highest BCUT2D eigenvalue weighted by atomic mass is 15.2. The topological polar surface area (TPSA) is 15.3 Å². The zero-order valence-electron chi connectivity index (χ0n) is 11.0. The number of piperazine rings is 1. The van der Waals surface area contributed by atoms with E-state index in [1.54, 1.807) is 0 Å². The van der Waals surface area contributed by atoms with Crippen LogP contribution in [0.5, 0.6) is 0 Å². The molecule has 1 aromatic rings. The summed E-state index contributed by atoms with van der Waals surface area (Å²) in [6, 6.07) is 12.2. The largest absolute Gasteiger partial charge is 0.314 e. The molecule has 2 heteroatoms. The predicted octanol–water partition coefficient (Wildman–Crippen LogP) is 2.30. The van der Waals surface area contributed by atoms with Gasteiger partial charge in [-0.2, -0.15) is 0 Å². The molecule has 0 radical (unpaired) electrons. The fourth-order valence-electron chi connectivity index (χ4n) is 2.72. The lowest BCUT2D eigenvalue weighted by atomic mass is 10.1. The van der Waals surface area contributed by atoms with Crippen molar-refractivity contribution in [1.82, 2.24) is 10.2 Å². The summed E-state index contributed by atoms with van der Waals surface area (Å²) in [6.07, 6.45) is 2.46. The van der Waals surface area contributed by atoms with E-state index in [2.05, 4.69) is 54.4 Å². The summed E-state index contributed by atoms with van der Waals surface area (Å²) in [5, 5.41) is 3.48. The normalized spacial score (nSPS) is 26.0. The van der Waals surface area contributed by atoms with Crippen molar-refractivity contribution in [3.63, 3.8) is 0 Å². The average Bonchev–Trinajstić information content (AvgIpc) is 2.34. The first kappa shape index (κ1) is 12.6. The Labute approximate surface area is 105 Å². The fourth-order valence-corrected chi connectivity index (χ4v) is 2.72. The third kappa shape index (κ3) is 3.55. The summed E-state index contributed by atoms with van der Waals surface area (Å²) < 4.78 is 0. The van der Waals surface area contributed by atoms with Gasteiger partial charge in [-0.25, -0.2) is 0 Å². The van der Waals surface area contributed by atoms with Crippen LogP contribution in [0.3, 0.4) is 0 Å². The van der Waals surface area contributed by atoms with Gasteiger partial charge in [0, 0.05) is 25.2 Å². The van der Waals surface area contributed by atoms with Crippen molar-refractivity contribution < 1.29 is 0 Å². The highest BCUT2D eigenvalue weighted by molar-refractivity contribution is 5.14. The lowest BCUT2D eigenvalue weighted by Gasteiger charge is -2.39. The highest BCUT2D eigenvalue weighted by Gasteiger charge is 2.23. The number of hydrogen-bond acceptors (Lipinski definition) is 2. The van der Waals surface area contributed by atoms with Gasteiger partial charge in [-0.3, -0.25) is 4.90 Å². The number of nitrogens with one attached hydrogen (secondary N) is 1. The van der Waals surface area contributed by atoms with Crippen LogP contribution >= 0.6 is 0 Å². The van der Waals surface area contributed by atoms with Crippen molar-refractivity contribution in [3.05, 3.63) is 35.9 Å². The molecular weight excluding hydrogens is 208 g/mol. The van der Waals surface area contributed by atoms with E-state index in [4.69, 9.17) is 0 Å². The van der Waals surface area contributed by atoms with Crippen LogP contribution in [0.4, 0.5) is 0 Å². The maximum absolute atomic E-state index is 3.48. The SMILES string of the molecule is C[C@@H]1CNC[C@H](C)N1CCCc1ccccc1. The van der Waals surface area contributed by atoms with Crippen LogP contribution in [0.2, 0.25) is 0 Å². The van der Waals surface area contributed by atoms with Gasteiger partial charge in [0.15, 0.2) is 0 Å². The molecular formula is C15H24N2. The van der Waals surface area contributed by atoms with E-state index in [-0.39, 0.29) is 0 Å². The predicted molar refractivity (Wildman–Crippen MR) is 73.3 cm³/mol. The van der Waals surface area contributed by atoms with Crippen molar-refractivity contribution in [3.8, 4) is 0 Å². The summed E-state index contributed by atoms with van der Waals surface area (Å²) in [7, 11) is 0. The highest BCUT2D eigenvalue weighted by Crippen LogP contribution is 2.11. The molecule has 1 heterocycles. The van der Waals surface area contributed by atoms with Crippen LogP contribution in [0.1, 0.15) is 25.8 Å². The molecule has 0 saturated carbocycles. The molecule has 0 bridgehead atoms. The van der Waals surface area contributed by atoms with Gasteiger partial charge in [-0.1, -0.05) is 30.3 Å². The zero-order valence-corrected chi connectivity index (χ0v) is 11.0. The quantitative estimate of drug-likeness (QED) is 0.857. The van der Waals surface area contributed by atoms with Gasteiger partial charge < -0.3 is 5.32 Å². The molecule has 0 unspecified atom stereocenters. The number of rotatable bonds is 4. The minimum atomic E-state index is 0.675. The van der Waals surface area contributed by atoms with Gasteiger partial charge >= 0.3 is 0 Å². The minimum absolute atomic E-state index is 0.675. The van der Waals surface area contributed by atoms with E-state index >= 15 is 0 Å². The molecule has 1 N–H and O–H groups in total. The first-order valence-corrected chi connectivity index (χ1v) is 6.78. The molecule has 2 rings (SSSR count). The summed E-state index contributed by atoms with van der Waals surface area (Å²) in [6.45, 7) is 8.14. The molecule has 94 valence electrons. The number of benzene rings is 1. The Balaban J connectivity index is 1.77. The van der Waals surface area contributed by atoms with Crippen LogP contribution in [0.15, 0.2) is 30.3 Å². The second-order valence-corrected chi connectivity index (χ2v) is 5.18. The van der Waals surface area contributed by atoms with Gasteiger partial charge in [0.05, 0.1) is 0 Å². The molecule has 0 spiro atoms. The number of nitrogens with zero attached hydrogens (tertiary/aromatic N) is 1. The van der Waals surface area contributed by atoms with Gasteiger partial charge in [0.2, 0.25) is 0 Å². The van der Waals surface area contributed by atoms with Gasteiger partial charge in [-0.15, -0.1) is 0 Å². The molecule has 1 saturated heterocycles. The third-order valence-corrected chi connectivity index (χ3v) is 3.74. The third-order valence-electron chi connectivity index (χ3n) is 3.74. The standard InChI is InChI=1S/C15H24N2/c1-13-11-16-12-14(2)17(13)10-6-9-15-7-4-3-5-8-15/h3-5,7-8,13-14,16H,6,9-12H2,1-2H3/t13-,14+. The van der Waals surface area contributed by atoms with E-state index < -0.39 is 0 Å². The lowest BCUT2D eigenvalue weighted by Crippen LogP contribution is -2.55. The maximum Gasteiger partial charge on any atom is 0.0195 e. The van der Waals surface area contributed by atoms with Crippen molar-refractivity contribution in [2.24, 2.45) is 0 Å². The second kappa shape index (κ2) is 6.18. The van der Waals surface area contributed by atoms with Gasteiger partial charge in [0.25, 0.3) is 0 Å². The Morgan fingerprint density at radius 1 is 1.12 bits per heavy atom. The monoisotopic (exact) mass is 232 g/mol. The van der Waals surface area contributed by atoms with E-state index in [0.29, 0.717) is 12.1 Å². The summed E-state index contributed by atoms with van der Waals surface area (Å²) >= 11 is 0. The van der Waals surface area contributed by atoms with Crippen molar-refractivity contribution in [1.29, 1.82) is 0 Å². The fraction of sp³-hybridized carbons (Fsp3) is 0.600. The zero-order chi connectivity index (χ0) is 12.1. The molecule has 0 amide bonds. The first-order chi connectivity index (χ1) is 8.27. The Kier molecular flexibility index (Phi) is 4.57. The molecule has 1 aliphatic heterocycles. The van der Waals surface area contributed by atoms with E-state index in [1.165, 1.54) is 24.9 Å². The van der Waals surface area contributed by atoms with E-state index in [9.17, 15) is 0 Å². The molecule has 2 nitrogen and oxygen atoms in total. The van der Waals surface area contributed by atoms with E-state index in [0.717, 1.165) is 13.1 Å². The van der Waals surface area contributed by atoms with E-state index in [1.807, 2.05) is 0 Å². The smallest absolute Gasteiger partial charge is 0.0195 e. The molecule has 1 aromatic carbocycles. The van der Waals surface area contributed by atoms with Crippen LogP contribution in [-0.4, -0.2) is 36.6 Å². The van der Waals surface area contributed by atoms with Crippen molar-refractivity contribution in [2.75, 3.05) is 19.6 Å². The Bertz CT molecular complexity index is 313. The van der Waals surface area contributed by atoms with Crippen LogP contribution in [-0.2, 0) is 6.42 Å².